The predicted molar refractivity (Wildman–Crippen MR) is 108 cm³/mol. The van der Waals surface area contributed by atoms with Gasteiger partial charge in [-0.1, -0.05) is 60.7 Å². The third-order valence-corrected chi connectivity index (χ3v) is 4.94. The van der Waals surface area contributed by atoms with Crippen LogP contribution in [0.25, 0.3) is 11.3 Å². The third kappa shape index (κ3) is 4.47. The summed E-state index contributed by atoms with van der Waals surface area (Å²) in [5, 5.41) is 10.3. The Morgan fingerprint density at radius 3 is 2.46 bits per heavy atom. The molecule has 1 atom stereocenters. The van der Waals surface area contributed by atoms with Crippen molar-refractivity contribution in [2.75, 3.05) is 32.8 Å². The number of carbonyl (C=O) groups excluding carboxylic acids is 1. The summed E-state index contributed by atoms with van der Waals surface area (Å²) in [6.45, 7) is 3.97. The van der Waals surface area contributed by atoms with Gasteiger partial charge >= 0.3 is 0 Å². The van der Waals surface area contributed by atoms with Crippen LogP contribution in [0.3, 0.4) is 0 Å². The summed E-state index contributed by atoms with van der Waals surface area (Å²) in [5.74, 6) is -0.156. The summed E-state index contributed by atoms with van der Waals surface area (Å²) < 4.78 is 5.44. The molecule has 1 aliphatic rings. The number of aromatic amines is 1. The normalized spacial score (nSPS) is 15.9. The van der Waals surface area contributed by atoms with Crippen molar-refractivity contribution in [2.24, 2.45) is 0 Å². The van der Waals surface area contributed by atoms with Crippen molar-refractivity contribution >= 4 is 5.91 Å². The van der Waals surface area contributed by atoms with Crippen LogP contribution in [-0.2, 0) is 4.74 Å². The molecule has 1 aliphatic heterocycles. The van der Waals surface area contributed by atoms with E-state index in [1.54, 1.807) is 6.07 Å². The van der Waals surface area contributed by atoms with Gasteiger partial charge < -0.3 is 10.1 Å². The van der Waals surface area contributed by atoms with E-state index in [2.05, 4.69) is 20.4 Å². The number of hydrogen-bond donors (Lipinski definition) is 2. The van der Waals surface area contributed by atoms with E-state index in [1.807, 2.05) is 60.7 Å². The lowest BCUT2D eigenvalue weighted by Crippen LogP contribution is -2.43. The van der Waals surface area contributed by atoms with Gasteiger partial charge in [0.05, 0.1) is 24.9 Å². The number of carbonyl (C=O) groups is 1. The lowest BCUT2D eigenvalue weighted by Gasteiger charge is -2.31. The Bertz CT molecular complexity index is 889. The van der Waals surface area contributed by atoms with E-state index >= 15 is 0 Å². The van der Waals surface area contributed by atoms with Gasteiger partial charge in [-0.25, -0.2) is 0 Å². The van der Waals surface area contributed by atoms with Crippen LogP contribution in [0.5, 0.6) is 0 Å². The van der Waals surface area contributed by atoms with E-state index in [1.165, 1.54) is 0 Å². The van der Waals surface area contributed by atoms with E-state index in [9.17, 15) is 4.79 Å². The molecule has 2 heterocycles. The number of nitrogens with one attached hydrogen (secondary N) is 2. The second kappa shape index (κ2) is 8.82. The average Bonchev–Trinajstić information content (AvgIpc) is 3.26. The Morgan fingerprint density at radius 2 is 1.75 bits per heavy atom. The van der Waals surface area contributed by atoms with Crippen molar-refractivity contribution in [2.45, 2.75) is 6.04 Å². The van der Waals surface area contributed by atoms with Crippen LogP contribution in [0.15, 0.2) is 66.7 Å². The van der Waals surface area contributed by atoms with E-state index in [-0.39, 0.29) is 11.9 Å². The first-order valence-electron chi connectivity index (χ1n) is 9.56. The number of amides is 1. The van der Waals surface area contributed by atoms with Crippen molar-refractivity contribution in [3.05, 3.63) is 78.0 Å². The summed E-state index contributed by atoms with van der Waals surface area (Å²) in [4.78, 5) is 15.2. The third-order valence-electron chi connectivity index (χ3n) is 4.94. The maximum Gasteiger partial charge on any atom is 0.269 e. The van der Waals surface area contributed by atoms with Crippen LogP contribution < -0.4 is 5.32 Å². The van der Waals surface area contributed by atoms with Crippen LogP contribution in [0.4, 0.5) is 0 Å². The zero-order valence-corrected chi connectivity index (χ0v) is 15.7. The largest absolute Gasteiger partial charge is 0.379 e. The molecular weight excluding hydrogens is 352 g/mol. The number of rotatable bonds is 6. The first-order chi connectivity index (χ1) is 13.8. The molecule has 6 heteroatoms. The number of benzene rings is 2. The highest BCUT2D eigenvalue weighted by molar-refractivity contribution is 5.93. The molecule has 0 aliphatic carbocycles. The van der Waals surface area contributed by atoms with Gasteiger partial charge in [0.25, 0.3) is 5.91 Å². The van der Waals surface area contributed by atoms with Crippen molar-refractivity contribution in [3.8, 4) is 11.3 Å². The van der Waals surface area contributed by atoms with Gasteiger partial charge in [0.1, 0.15) is 5.69 Å². The number of nitrogens with zero attached hydrogens (tertiary/aromatic N) is 2. The number of hydrogen-bond acceptors (Lipinski definition) is 4. The van der Waals surface area contributed by atoms with Gasteiger partial charge in [-0.15, -0.1) is 0 Å². The SMILES string of the molecule is O=C(N[C@@H](CN1CCOCC1)c1ccccc1)c1cc(-c2ccccc2)n[nH]1. The molecule has 2 aromatic carbocycles. The second-order valence-corrected chi connectivity index (χ2v) is 6.88. The molecule has 1 aromatic heterocycles. The second-order valence-electron chi connectivity index (χ2n) is 6.88. The zero-order chi connectivity index (χ0) is 19.2. The molecule has 1 amide bonds. The first-order valence-corrected chi connectivity index (χ1v) is 9.56. The summed E-state index contributed by atoms with van der Waals surface area (Å²) >= 11 is 0. The van der Waals surface area contributed by atoms with E-state index in [0.717, 1.165) is 49.7 Å². The van der Waals surface area contributed by atoms with E-state index < -0.39 is 0 Å². The first kappa shape index (κ1) is 18.4. The summed E-state index contributed by atoms with van der Waals surface area (Å²) in [5.41, 5.74) is 3.29. The van der Waals surface area contributed by atoms with Crippen molar-refractivity contribution in [3.63, 3.8) is 0 Å². The molecule has 1 saturated heterocycles. The Kier molecular flexibility index (Phi) is 5.80. The predicted octanol–water partition coefficient (Wildman–Crippen LogP) is 2.88. The Labute approximate surface area is 164 Å². The smallest absolute Gasteiger partial charge is 0.269 e. The monoisotopic (exact) mass is 376 g/mol. The molecule has 0 bridgehead atoms. The molecule has 0 spiro atoms. The van der Waals surface area contributed by atoms with Gasteiger partial charge in [0, 0.05) is 25.2 Å². The van der Waals surface area contributed by atoms with E-state index in [0.29, 0.717) is 5.69 Å². The highest BCUT2D eigenvalue weighted by Crippen LogP contribution is 2.19. The molecule has 4 rings (SSSR count). The minimum atomic E-state index is -0.156. The van der Waals surface area contributed by atoms with Crippen molar-refractivity contribution in [1.29, 1.82) is 0 Å². The lowest BCUT2D eigenvalue weighted by atomic mass is 10.1. The molecule has 144 valence electrons. The van der Waals surface area contributed by atoms with Crippen molar-refractivity contribution < 1.29 is 9.53 Å². The standard InChI is InChI=1S/C22H24N4O2/c27-22(20-15-19(24-25-20)17-7-3-1-4-8-17)23-21(18-9-5-2-6-10-18)16-26-11-13-28-14-12-26/h1-10,15,21H,11-14,16H2,(H,23,27)(H,24,25)/t21-/m0/s1. The fourth-order valence-corrected chi connectivity index (χ4v) is 3.39. The molecule has 2 N–H and O–H groups in total. The Balaban J connectivity index is 1.49. The molecule has 0 saturated carbocycles. The number of aromatic nitrogens is 2. The lowest BCUT2D eigenvalue weighted by molar-refractivity contribution is 0.0332. The molecule has 0 radical (unpaired) electrons. The number of ether oxygens (including phenoxy) is 1. The minimum Gasteiger partial charge on any atom is -0.379 e. The van der Waals surface area contributed by atoms with Crippen LogP contribution in [0.2, 0.25) is 0 Å². The van der Waals surface area contributed by atoms with Crippen LogP contribution in [0.1, 0.15) is 22.1 Å². The zero-order valence-electron chi connectivity index (χ0n) is 15.7. The highest BCUT2D eigenvalue weighted by atomic mass is 16.5. The van der Waals surface area contributed by atoms with Crippen LogP contribution in [0, 0.1) is 0 Å². The molecule has 28 heavy (non-hydrogen) atoms. The molecule has 0 unspecified atom stereocenters. The summed E-state index contributed by atoms with van der Waals surface area (Å²) in [6, 6.07) is 21.6. The van der Waals surface area contributed by atoms with Gasteiger partial charge in [0.2, 0.25) is 0 Å². The topological polar surface area (TPSA) is 70.2 Å². The number of morpholine rings is 1. The summed E-state index contributed by atoms with van der Waals surface area (Å²) in [6.07, 6.45) is 0. The quantitative estimate of drug-likeness (QED) is 0.694. The fraction of sp³-hybridized carbons (Fsp3) is 0.273. The molecule has 6 nitrogen and oxygen atoms in total. The van der Waals surface area contributed by atoms with E-state index in [4.69, 9.17) is 4.74 Å². The van der Waals surface area contributed by atoms with Crippen molar-refractivity contribution in [1.82, 2.24) is 20.4 Å². The minimum absolute atomic E-state index is 0.102. The molecule has 3 aromatic rings. The molecule has 1 fully saturated rings. The highest BCUT2D eigenvalue weighted by Gasteiger charge is 2.21. The van der Waals surface area contributed by atoms with Gasteiger partial charge in [0.15, 0.2) is 0 Å². The average molecular weight is 376 g/mol. The maximum atomic E-state index is 12.9. The van der Waals surface area contributed by atoms with Gasteiger partial charge in [-0.05, 0) is 11.6 Å². The fourth-order valence-electron chi connectivity index (χ4n) is 3.39. The van der Waals surface area contributed by atoms with Gasteiger partial charge in [-0.3, -0.25) is 14.8 Å². The summed E-state index contributed by atoms with van der Waals surface area (Å²) in [7, 11) is 0. The molecular formula is C22H24N4O2. The maximum absolute atomic E-state index is 12.9. The number of H-pyrrole nitrogens is 1. The van der Waals surface area contributed by atoms with Crippen LogP contribution in [-0.4, -0.2) is 53.9 Å². The van der Waals surface area contributed by atoms with Crippen LogP contribution >= 0.6 is 0 Å². The Hall–Kier alpha value is -2.96. The van der Waals surface area contributed by atoms with Gasteiger partial charge in [-0.2, -0.15) is 5.10 Å². The Morgan fingerprint density at radius 1 is 1.07 bits per heavy atom.